The van der Waals surface area contributed by atoms with Gasteiger partial charge in [0.15, 0.2) is 6.61 Å². The molecular formula is C22H28N2O6S. The molecule has 8 nitrogen and oxygen atoms in total. The minimum atomic E-state index is -3.57. The second-order valence-corrected chi connectivity index (χ2v) is 9.23. The van der Waals surface area contributed by atoms with Crippen LogP contribution in [0.25, 0.3) is 0 Å². The molecule has 9 heteroatoms. The molecule has 1 aliphatic heterocycles. The van der Waals surface area contributed by atoms with E-state index in [-0.39, 0.29) is 23.5 Å². The van der Waals surface area contributed by atoms with Crippen LogP contribution < -0.4 is 14.8 Å². The number of rotatable bonds is 8. The van der Waals surface area contributed by atoms with E-state index in [1.165, 1.54) is 10.4 Å². The van der Waals surface area contributed by atoms with Crippen LogP contribution in [0.2, 0.25) is 0 Å². The second-order valence-electron chi connectivity index (χ2n) is 7.29. The first-order valence-electron chi connectivity index (χ1n) is 10.1. The summed E-state index contributed by atoms with van der Waals surface area (Å²) in [4.78, 5) is 12.5. The molecule has 0 radical (unpaired) electrons. The van der Waals surface area contributed by atoms with E-state index in [1.54, 1.807) is 26.2 Å². The zero-order valence-corrected chi connectivity index (χ0v) is 18.8. The number of hydrogen-bond acceptors (Lipinski definition) is 6. The molecule has 2 aromatic carbocycles. The summed E-state index contributed by atoms with van der Waals surface area (Å²) in [5.41, 5.74) is 1.59. The zero-order chi connectivity index (χ0) is 22.4. The molecule has 0 aliphatic carbocycles. The van der Waals surface area contributed by atoms with Crippen LogP contribution in [-0.2, 0) is 19.6 Å². The van der Waals surface area contributed by atoms with Crippen molar-refractivity contribution in [2.24, 2.45) is 0 Å². The van der Waals surface area contributed by atoms with E-state index in [0.717, 1.165) is 11.3 Å². The van der Waals surface area contributed by atoms with E-state index in [2.05, 4.69) is 5.32 Å². The third-order valence-electron chi connectivity index (χ3n) is 5.11. The molecule has 3 rings (SSSR count). The fraction of sp³-hybridized carbons (Fsp3) is 0.409. The number of carbonyl (C=O) groups excluding carboxylic acids is 1. The SMILES string of the molecule is COc1ccc([C@@H](C)NC(=O)COc2ccc(S(=O)(=O)N3CCOCC3)cc2C)cc1. The van der Waals surface area contributed by atoms with Crippen LogP contribution in [0.15, 0.2) is 47.4 Å². The standard InChI is InChI=1S/C22H28N2O6S/c1-16-14-20(31(26,27)24-10-12-29-13-11-24)8-9-21(16)30-15-22(25)23-17(2)18-4-6-19(28-3)7-5-18/h4-9,14,17H,10-13,15H2,1-3H3,(H,23,25)/t17-/m1/s1. The van der Waals surface area contributed by atoms with E-state index in [4.69, 9.17) is 14.2 Å². The summed E-state index contributed by atoms with van der Waals surface area (Å²) >= 11 is 0. The molecule has 1 heterocycles. The summed E-state index contributed by atoms with van der Waals surface area (Å²) < 4.78 is 42.9. The molecule has 1 fully saturated rings. The minimum absolute atomic E-state index is 0.170. The maximum absolute atomic E-state index is 12.8. The van der Waals surface area contributed by atoms with Crippen molar-refractivity contribution in [1.29, 1.82) is 0 Å². The van der Waals surface area contributed by atoms with Crippen LogP contribution in [-0.4, -0.2) is 58.7 Å². The van der Waals surface area contributed by atoms with Crippen LogP contribution in [0, 0.1) is 6.92 Å². The first-order valence-corrected chi connectivity index (χ1v) is 11.5. The van der Waals surface area contributed by atoms with Gasteiger partial charge in [-0.05, 0) is 55.3 Å². The largest absolute Gasteiger partial charge is 0.497 e. The summed E-state index contributed by atoms with van der Waals surface area (Å²) in [7, 11) is -1.97. The Bertz CT molecular complexity index is 1000. The molecule has 0 spiro atoms. The predicted octanol–water partition coefficient (Wildman–Crippen LogP) is 2.28. The Morgan fingerprint density at radius 1 is 1.16 bits per heavy atom. The first-order chi connectivity index (χ1) is 14.8. The molecule has 0 aromatic heterocycles. The number of benzene rings is 2. The van der Waals surface area contributed by atoms with Gasteiger partial charge in [0, 0.05) is 13.1 Å². The summed E-state index contributed by atoms with van der Waals surface area (Å²) in [6.45, 7) is 4.93. The fourth-order valence-electron chi connectivity index (χ4n) is 3.28. The number of ether oxygens (including phenoxy) is 3. The summed E-state index contributed by atoms with van der Waals surface area (Å²) in [6, 6.07) is 11.9. The van der Waals surface area contributed by atoms with Crippen molar-refractivity contribution in [1.82, 2.24) is 9.62 Å². The van der Waals surface area contributed by atoms with E-state index >= 15 is 0 Å². The molecule has 0 bridgehead atoms. The lowest BCUT2D eigenvalue weighted by atomic mass is 10.1. The van der Waals surface area contributed by atoms with Gasteiger partial charge in [0.1, 0.15) is 11.5 Å². The Hall–Kier alpha value is -2.62. The Kier molecular flexibility index (Phi) is 7.53. The highest BCUT2D eigenvalue weighted by Crippen LogP contribution is 2.25. The number of aryl methyl sites for hydroxylation is 1. The van der Waals surface area contributed by atoms with Crippen LogP contribution in [0.3, 0.4) is 0 Å². The van der Waals surface area contributed by atoms with Gasteiger partial charge >= 0.3 is 0 Å². The zero-order valence-electron chi connectivity index (χ0n) is 18.0. The maximum atomic E-state index is 12.8. The number of carbonyl (C=O) groups is 1. The van der Waals surface area contributed by atoms with Crippen molar-refractivity contribution in [3.63, 3.8) is 0 Å². The highest BCUT2D eigenvalue weighted by Gasteiger charge is 2.26. The van der Waals surface area contributed by atoms with Crippen LogP contribution in [0.4, 0.5) is 0 Å². The molecular weight excluding hydrogens is 420 g/mol. The van der Waals surface area contributed by atoms with Crippen molar-refractivity contribution >= 4 is 15.9 Å². The van der Waals surface area contributed by atoms with E-state index in [1.807, 2.05) is 31.2 Å². The van der Waals surface area contributed by atoms with Gasteiger partial charge in [-0.2, -0.15) is 4.31 Å². The number of morpholine rings is 1. The third-order valence-corrected chi connectivity index (χ3v) is 7.00. The molecule has 1 saturated heterocycles. The summed E-state index contributed by atoms with van der Waals surface area (Å²) in [5.74, 6) is 0.945. The number of amides is 1. The van der Waals surface area contributed by atoms with Gasteiger partial charge < -0.3 is 19.5 Å². The van der Waals surface area contributed by atoms with Crippen molar-refractivity contribution in [2.75, 3.05) is 40.0 Å². The summed E-state index contributed by atoms with van der Waals surface area (Å²) in [5, 5.41) is 2.88. The maximum Gasteiger partial charge on any atom is 0.258 e. The Labute approximate surface area is 183 Å². The molecule has 0 unspecified atom stereocenters. The number of nitrogens with one attached hydrogen (secondary N) is 1. The molecule has 2 aromatic rings. The smallest absolute Gasteiger partial charge is 0.258 e. The van der Waals surface area contributed by atoms with Crippen molar-refractivity contribution in [3.8, 4) is 11.5 Å². The monoisotopic (exact) mass is 448 g/mol. The van der Waals surface area contributed by atoms with Crippen LogP contribution in [0.1, 0.15) is 24.1 Å². The molecule has 1 aliphatic rings. The van der Waals surface area contributed by atoms with Gasteiger partial charge in [-0.1, -0.05) is 12.1 Å². The van der Waals surface area contributed by atoms with Gasteiger partial charge in [0.2, 0.25) is 10.0 Å². The Morgan fingerprint density at radius 3 is 2.45 bits per heavy atom. The first kappa shape index (κ1) is 23.1. The fourth-order valence-corrected chi connectivity index (χ4v) is 4.78. The van der Waals surface area contributed by atoms with E-state index in [0.29, 0.717) is 37.6 Å². The summed E-state index contributed by atoms with van der Waals surface area (Å²) in [6.07, 6.45) is 0. The predicted molar refractivity (Wildman–Crippen MR) is 116 cm³/mol. The molecule has 168 valence electrons. The van der Waals surface area contributed by atoms with Gasteiger partial charge in [-0.15, -0.1) is 0 Å². The highest BCUT2D eigenvalue weighted by atomic mass is 32.2. The quantitative estimate of drug-likeness (QED) is 0.666. The highest BCUT2D eigenvalue weighted by molar-refractivity contribution is 7.89. The van der Waals surface area contributed by atoms with Gasteiger partial charge in [-0.25, -0.2) is 8.42 Å². The average molecular weight is 449 g/mol. The van der Waals surface area contributed by atoms with Gasteiger partial charge in [-0.3, -0.25) is 4.79 Å². The normalized spacial score (nSPS) is 15.8. The van der Waals surface area contributed by atoms with Crippen molar-refractivity contribution in [3.05, 3.63) is 53.6 Å². The lowest BCUT2D eigenvalue weighted by Crippen LogP contribution is -2.40. The number of methoxy groups -OCH3 is 1. The molecule has 1 atom stereocenters. The number of nitrogens with zero attached hydrogens (tertiary/aromatic N) is 1. The Morgan fingerprint density at radius 2 is 1.84 bits per heavy atom. The van der Waals surface area contributed by atoms with Crippen molar-refractivity contribution in [2.45, 2.75) is 24.8 Å². The average Bonchev–Trinajstić information content (AvgIpc) is 2.78. The molecule has 31 heavy (non-hydrogen) atoms. The molecule has 1 N–H and O–H groups in total. The third kappa shape index (κ3) is 5.75. The van der Waals surface area contributed by atoms with E-state index < -0.39 is 10.0 Å². The lowest BCUT2D eigenvalue weighted by Gasteiger charge is -2.26. The van der Waals surface area contributed by atoms with Crippen LogP contribution >= 0.6 is 0 Å². The minimum Gasteiger partial charge on any atom is -0.497 e. The van der Waals surface area contributed by atoms with Gasteiger partial charge in [0.25, 0.3) is 5.91 Å². The molecule has 0 saturated carbocycles. The van der Waals surface area contributed by atoms with Crippen LogP contribution in [0.5, 0.6) is 11.5 Å². The number of sulfonamides is 1. The molecule has 1 amide bonds. The second kappa shape index (κ2) is 10.1. The topological polar surface area (TPSA) is 94.2 Å². The van der Waals surface area contributed by atoms with E-state index in [9.17, 15) is 13.2 Å². The Balaban J connectivity index is 1.58. The lowest BCUT2D eigenvalue weighted by molar-refractivity contribution is -0.123. The van der Waals surface area contributed by atoms with Crippen molar-refractivity contribution < 1.29 is 27.4 Å². The van der Waals surface area contributed by atoms with Gasteiger partial charge in [0.05, 0.1) is 31.3 Å². The number of hydrogen-bond donors (Lipinski definition) is 1.